The molecule has 1 unspecified atom stereocenters. The Balaban J connectivity index is 2.39. The standard InChI is InChI=1S/C9H8O4/c1-5-4-6-7(10)2-3-8(11)9(6)13-12-5/h2-3,5H,4H2,1H3. The Bertz CT molecular complexity index is 338. The van der Waals surface area contributed by atoms with Crippen molar-refractivity contribution < 1.29 is 19.4 Å². The second kappa shape index (κ2) is 2.81. The Morgan fingerprint density at radius 1 is 1.31 bits per heavy atom. The zero-order valence-electron chi connectivity index (χ0n) is 7.07. The van der Waals surface area contributed by atoms with Crippen LogP contribution >= 0.6 is 0 Å². The fourth-order valence-corrected chi connectivity index (χ4v) is 1.32. The molecule has 2 rings (SSSR count). The highest BCUT2D eigenvalue weighted by atomic mass is 17.2. The molecule has 0 bridgehead atoms. The van der Waals surface area contributed by atoms with Gasteiger partial charge >= 0.3 is 0 Å². The molecule has 68 valence electrons. The van der Waals surface area contributed by atoms with E-state index in [2.05, 4.69) is 0 Å². The summed E-state index contributed by atoms with van der Waals surface area (Å²) >= 11 is 0. The molecule has 1 aliphatic carbocycles. The summed E-state index contributed by atoms with van der Waals surface area (Å²) in [4.78, 5) is 32.0. The molecule has 0 saturated heterocycles. The van der Waals surface area contributed by atoms with Gasteiger partial charge in [-0.25, -0.2) is 0 Å². The first-order valence-electron chi connectivity index (χ1n) is 4.01. The van der Waals surface area contributed by atoms with Crippen LogP contribution in [0.1, 0.15) is 13.3 Å². The smallest absolute Gasteiger partial charge is 0.225 e. The molecule has 0 aromatic heterocycles. The van der Waals surface area contributed by atoms with Crippen molar-refractivity contribution in [3.8, 4) is 0 Å². The van der Waals surface area contributed by atoms with Crippen molar-refractivity contribution in [3.63, 3.8) is 0 Å². The summed E-state index contributed by atoms with van der Waals surface area (Å²) < 4.78 is 0. The first-order chi connectivity index (χ1) is 6.18. The maximum absolute atomic E-state index is 11.3. The number of rotatable bonds is 0. The topological polar surface area (TPSA) is 52.6 Å². The van der Waals surface area contributed by atoms with Gasteiger partial charge in [-0.05, 0) is 19.1 Å². The molecule has 0 spiro atoms. The normalized spacial score (nSPS) is 27.3. The minimum atomic E-state index is -0.304. The number of carbonyl (C=O) groups excluding carboxylic acids is 2. The molecular formula is C9H8O4. The Kier molecular flexibility index (Phi) is 1.77. The SMILES string of the molecule is CC1CC2=C(OO1)C(=O)C=CC2=O. The van der Waals surface area contributed by atoms with E-state index >= 15 is 0 Å². The van der Waals surface area contributed by atoms with E-state index in [0.29, 0.717) is 12.0 Å². The van der Waals surface area contributed by atoms with Crippen LogP contribution in [0.3, 0.4) is 0 Å². The monoisotopic (exact) mass is 180 g/mol. The fourth-order valence-electron chi connectivity index (χ4n) is 1.32. The van der Waals surface area contributed by atoms with Crippen LogP contribution in [0, 0.1) is 0 Å². The van der Waals surface area contributed by atoms with Crippen molar-refractivity contribution in [1.29, 1.82) is 0 Å². The van der Waals surface area contributed by atoms with Crippen LogP contribution < -0.4 is 0 Å². The number of hydrogen-bond acceptors (Lipinski definition) is 4. The number of ketones is 2. The third kappa shape index (κ3) is 1.29. The van der Waals surface area contributed by atoms with Gasteiger partial charge in [-0.1, -0.05) is 0 Å². The molecule has 4 nitrogen and oxygen atoms in total. The van der Waals surface area contributed by atoms with Crippen LogP contribution in [0.2, 0.25) is 0 Å². The van der Waals surface area contributed by atoms with Crippen molar-refractivity contribution in [2.45, 2.75) is 19.4 Å². The Labute approximate surface area is 74.7 Å². The fraction of sp³-hybridized carbons (Fsp3) is 0.333. The minimum absolute atomic E-state index is 0.0469. The molecule has 1 heterocycles. The first-order valence-corrected chi connectivity index (χ1v) is 4.01. The molecular weight excluding hydrogens is 172 g/mol. The molecule has 0 saturated carbocycles. The molecule has 0 aromatic rings. The maximum atomic E-state index is 11.3. The van der Waals surface area contributed by atoms with Crippen molar-refractivity contribution in [2.75, 3.05) is 0 Å². The third-order valence-corrected chi connectivity index (χ3v) is 1.97. The Morgan fingerprint density at radius 3 is 2.77 bits per heavy atom. The van der Waals surface area contributed by atoms with Gasteiger partial charge in [0.1, 0.15) is 6.10 Å². The molecule has 0 fully saturated rings. The van der Waals surface area contributed by atoms with Gasteiger partial charge in [0.2, 0.25) is 11.5 Å². The highest BCUT2D eigenvalue weighted by molar-refractivity contribution is 6.19. The van der Waals surface area contributed by atoms with Gasteiger partial charge in [0.05, 0.1) is 5.57 Å². The lowest BCUT2D eigenvalue weighted by Crippen LogP contribution is -2.26. The second-order valence-electron chi connectivity index (χ2n) is 3.06. The average Bonchev–Trinajstić information content (AvgIpc) is 2.12. The predicted molar refractivity (Wildman–Crippen MR) is 42.4 cm³/mol. The summed E-state index contributed by atoms with van der Waals surface area (Å²) in [5, 5.41) is 0. The van der Waals surface area contributed by atoms with Crippen LogP contribution in [-0.2, 0) is 19.4 Å². The number of carbonyl (C=O) groups is 2. The lowest BCUT2D eigenvalue weighted by Gasteiger charge is -2.22. The lowest BCUT2D eigenvalue weighted by molar-refractivity contribution is -0.297. The van der Waals surface area contributed by atoms with Crippen molar-refractivity contribution >= 4 is 11.6 Å². The van der Waals surface area contributed by atoms with Gasteiger partial charge < -0.3 is 4.89 Å². The van der Waals surface area contributed by atoms with Crippen LogP contribution in [0.15, 0.2) is 23.5 Å². The van der Waals surface area contributed by atoms with Crippen molar-refractivity contribution in [2.24, 2.45) is 0 Å². The largest absolute Gasteiger partial charge is 0.333 e. The summed E-state index contributed by atoms with van der Waals surface area (Å²) in [7, 11) is 0. The van der Waals surface area contributed by atoms with Gasteiger partial charge in [0.15, 0.2) is 5.78 Å². The van der Waals surface area contributed by atoms with Gasteiger partial charge in [-0.3, -0.25) is 9.59 Å². The summed E-state index contributed by atoms with van der Waals surface area (Å²) in [6.45, 7) is 1.78. The predicted octanol–water partition coefficient (Wildman–Crippen LogP) is 0.689. The van der Waals surface area contributed by atoms with E-state index in [1.165, 1.54) is 12.2 Å². The highest BCUT2D eigenvalue weighted by Crippen LogP contribution is 2.26. The quantitative estimate of drug-likeness (QED) is 0.406. The number of allylic oxidation sites excluding steroid dienone is 2. The van der Waals surface area contributed by atoms with Gasteiger partial charge in [-0.2, -0.15) is 4.89 Å². The number of hydrogen-bond donors (Lipinski definition) is 0. The molecule has 0 N–H and O–H groups in total. The zero-order chi connectivity index (χ0) is 9.42. The van der Waals surface area contributed by atoms with Crippen LogP contribution in [0.25, 0.3) is 0 Å². The highest BCUT2D eigenvalue weighted by Gasteiger charge is 2.30. The van der Waals surface area contributed by atoms with E-state index in [0.717, 1.165) is 0 Å². The minimum Gasteiger partial charge on any atom is -0.333 e. The maximum Gasteiger partial charge on any atom is 0.225 e. The molecule has 0 amide bonds. The molecule has 13 heavy (non-hydrogen) atoms. The summed E-state index contributed by atoms with van der Waals surface area (Å²) in [6, 6.07) is 0. The van der Waals surface area contributed by atoms with Crippen LogP contribution in [0.5, 0.6) is 0 Å². The van der Waals surface area contributed by atoms with E-state index < -0.39 is 0 Å². The zero-order valence-corrected chi connectivity index (χ0v) is 7.07. The van der Waals surface area contributed by atoms with Crippen molar-refractivity contribution in [3.05, 3.63) is 23.5 Å². The van der Waals surface area contributed by atoms with Gasteiger partial charge in [-0.15, -0.1) is 0 Å². The van der Waals surface area contributed by atoms with E-state index in [4.69, 9.17) is 9.78 Å². The van der Waals surface area contributed by atoms with E-state index in [-0.39, 0.29) is 23.4 Å². The second-order valence-corrected chi connectivity index (χ2v) is 3.06. The van der Waals surface area contributed by atoms with Crippen molar-refractivity contribution in [1.82, 2.24) is 0 Å². The average molecular weight is 180 g/mol. The summed E-state index contributed by atoms with van der Waals surface area (Å²) in [5.74, 6) is -0.420. The molecule has 1 aliphatic heterocycles. The van der Waals surface area contributed by atoms with E-state index in [1.54, 1.807) is 6.92 Å². The summed E-state index contributed by atoms with van der Waals surface area (Å²) in [5.41, 5.74) is 0.422. The molecule has 0 radical (unpaired) electrons. The lowest BCUT2D eigenvalue weighted by atomic mass is 9.96. The molecule has 0 aromatic carbocycles. The Morgan fingerprint density at radius 2 is 2.00 bits per heavy atom. The van der Waals surface area contributed by atoms with E-state index in [9.17, 15) is 9.59 Å². The molecule has 2 aliphatic rings. The summed E-state index contributed by atoms with van der Waals surface area (Å²) in [6.07, 6.45) is 2.72. The van der Waals surface area contributed by atoms with E-state index in [1.807, 2.05) is 0 Å². The molecule has 4 heteroatoms. The first kappa shape index (κ1) is 8.19. The third-order valence-electron chi connectivity index (χ3n) is 1.97. The van der Waals surface area contributed by atoms with Gasteiger partial charge in [0.25, 0.3) is 0 Å². The van der Waals surface area contributed by atoms with Crippen LogP contribution in [-0.4, -0.2) is 17.7 Å². The van der Waals surface area contributed by atoms with Crippen LogP contribution in [0.4, 0.5) is 0 Å². The molecule has 1 atom stereocenters. The Hall–Kier alpha value is -1.42. The van der Waals surface area contributed by atoms with Gasteiger partial charge in [0, 0.05) is 6.42 Å².